The first-order valence-electron chi connectivity index (χ1n) is 21.4. The summed E-state index contributed by atoms with van der Waals surface area (Å²) >= 11 is 0. The van der Waals surface area contributed by atoms with Gasteiger partial charge in [-0.25, -0.2) is 33.6 Å². The zero-order valence-electron chi connectivity index (χ0n) is 39.5. The van der Waals surface area contributed by atoms with Gasteiger partial charge >= 0.3 is 47.8 Å². The number of benzene rings is 1. The lowest BCUT2D eigenvalue weighted by atomic mass is 10.0. The number of carbonyl (C=O) groups is 10. The lowest BCUT2D eigenvalue weighted by molar-refractivity contribution is -0.188. The van der Waals surface area contributed by atoms with Gasteiger partial charge in [0, 0.05) is 42.7 Å². The molecule has 3 N–H and O–H groups in total. The average Bonchev–Trinajstić information content (AvgIpc) is 3.73. The molecule has 2 aromatic rings. The fourth-order valence-corrected chi connectivity index (χ4v) is 6.13. The highest BCUT2D eigenvalue weighted by atomic mass is 16.7. The van der Waals surface area contributed by atoms with E-state index in [0.29, 0.717) is 46.9 Å². The summed E-state index contributed by atoms with van der Waals surface area (Å²) in [6, 6.07) is 4.66. The molecule has 0 spiro atoms. The number of amides is 2. The van der Waals surface area contributed by atoms with E-state index in [0.717, 1.165) is 54.6 Å². The molecule has 67 heavy (non-hydrogen) atoms. The Morgan fingerprint density at radius 3 is 1.52 bits per heavy atom. The number of aryl methyl sites for hydroxylation is 1. The Labute approximate surface area is 386 Å². The highest BCUT2D eigenvalue weighted by Crippen LogP contribution is 2.37. The van der Waals surface area contributed by atoms with Crippen LogP contribution in [0, 0.1) is 13.8 Å². The minimum atomic E-state index is -1.63. The Balaban J connectivity index is 1.52. The molecule has 0 fully saturated rings. The molecule has 1 aliphatic rings. The van der Waals surface area contributed by atoms with Gasteiger partial charge in [-0.2, -0.15) is 0 Å². The van der Waals surface area contributed by atoms with Crippen LogP contribution < -0.4 is 15.4 Å². The number of likely N-dealkylation sites (N-methyl/N-ethyl adjacent to an activating group) is 1. The molecule has 0 bridgehead atoms. The number of aromatic nitrogens is 1. The summed E-state index contributed by atoms with van der Waals surface area (Å²) < 4.78 is 40.0. The van der Waals surface area contributed by atoms with E-state index >= 15 is 0 Å². The standard InChI is InChI=1S/C45H58N4O18/c1-13-49(14-2)18-17-46-38(52)36-21(3)35(47-22(36)4)20-33-32-19-31(15-16-34(32)48-37(33)51)60-23(5)39(53)61-24(6)40(54)62-25(7)41(55)63-26(8)42(56)64-27(9)43(57)65-28(10)44(58)66-29(11)45(59)67-30(12)50/h15-16,19-20,23-29,47H,13-14,17-18H2,1-12H3,(H,46,52)(H,48,51)/b33-20-. The van der Waals surface area contributed by atoms with Crippen molar-refractivity contribution in [2.75, 3.05) is 31.5 Å². The second-order valence-electron chi connectivity index (χ2n) is 15.3. The van der Waals surface area contributed by atoms with E-state index in [2.05, 4.69) is 39.1 Å². The normalized spacial score (nSPS) is 15.5. The molecule has 7 unspecified atom stereocenters. The van der Waals surface area contributed by atoms with E-state index < -0.39 is 96.4 Å². The molecular weight excluding hydrogens is 885 g/mol. The monoisotopic (exact) mass is 942 g/mol. The van der Waals surface area contributed by atoms with Gasteiger partial charge in [0.25, 0.3) is 11.8 Å². The summed E-state index contributed by atoms with van der Waals surface area (Å²) in [6.45, 7) is 19.6. The van der Waals surface area contributed by atoms with Crippen LogP contribution in [0.5, 0.6) is 5.75 Å². The molecule has 22 nitrogen and oxygen atoms in total. The maximum atomic E-state index is 13.1. The van der Waals surface area contributed by atoms with Crippen LogP contribution in [0.15, 0.2) is 18.2 Å². The molecule has 7 atom stereocenters. The Hall–Kier alpha value is -7.10. The fourth-order valence-electron chi connectivity index (χ4n) is 6.13. The quantitative estimate of drug-likeness (QED) is 0.0662. The zero-order valence-corrected chi connectivity index (χ0v) is 39.5. The van der Waals surface area contributed by atoms with Gasteiger partial charge in [-0.1, -0.05) is 13.8 Å². The van der Waals surface area contributed by atoms with Crippen molar-refractivity contribution < 1.29 is 85.8 Å². The van der Waals surface area contributed by atoms with E-state index in [1.807, 2.05) is 0 Å². The molecule has 3 rings (SSSR count). The summed E-state index contributed by atoms with van der Waals surface area (Å²) in [5, 5.41) is 5.75. The smallest absolute Gasteiger partial charge is 0.354 e. The summed E-state index contributed by atoms with van der Waals surface area (Å²) in [5.41, 5.74) is 3.54. The van der Waals surface area contributed by atoms with Crippen molar-refractivity contribution >= 4 is 76.9 Å². The van der Waals surface area contributed by atoms with Crippen LogP contribution in [0.4, 0.5) is 5.69 Å². The highest BCUT2D eigenvalue weighted by molar-refractivity contribution is 6.35. The lowest BCUT2D eigenvalue weighted by Crippen LogP contribution is -2.39. The van der Waals surface area contributed by atoms with Crippen LogP contribution in [-0.4, -0.2) is 138 Å². The third-order valence-electron chi connectivity index (χ3n) is 10.0. The molecule has 1 aromatic heterocycles. The highest BCUT2D eigenvalue weighted by Gasteiger charge is 2.34. The predicted octanol–water partition coefficient (Wildman–Crippen LogP) is 2.64. The van der Waals surface area contributed by atoms with Crippen LogP contribution in [-0.2, 0) is 76.3 Å². The van der Waals surface area contributed by atoms with Crippen molar-refractivity contribution in [1.82, 2.24) is 15.2 Å². The topological polar surface area (TPSA) is 288 Å². The summed E-state index contributed by atoms with van der Waals surface area (Å²) in [7, 11) is 0. The van der Waals surface area contributed by atoms with Crippen LogP contribution in [0.1, 0.15) is 102 Å². The first kappa shape index (κ1) is 54.2. The van der Waals surface area contributed by atoms with Gasteiger partial charge in [-0.15, -0.1) is 0 Å². The van der Waals surface area contributed by atoms with Gasteiger partial charge in [0.05, 0.1) is 11.1 Å². The second kappa shape index (κ2) is 24.4. The van der Waals surface area contributed by atoms with Crippen molar-refractivity contribution in [1.29, 1.82) is 0 Å². The number of hydrogen-bond acceptors (Lipinski definition) is 19. The van der Waals surface area contributed by atoms with E-state index in [1.165, 1.54) is 19.9 Å². The number of ether oxygens (including phenoxy) is 8. The number of carbonyl (C=O) groups excluding carboxylic acids is 10. The number of nitrogens with one attached hydrogen (secondary N) is 3. The number of aromatic amines is 1. The fraction of sp³-hybridized carbons (Fsp3) is 0.511. The van der Waals surface area contributed by atoms with E-state index in [9.17, 15) is 47.9 Å². The van der Waals surface area contributed by atoms with Crippen LogP contribution in [0.25, 0.3) is 11.6 Å². The third kappa shape index (κ3) is 15.2. The van der Waals surface area contributed by atoms with Gasteiger partial charge in [-0.05, 0) is 105 Å². The Kier molecular flexibility index (Phi) is 19.8. The zero-order chi connectivity index (χ0) is 50.4. The van der Waals surface area contributed by atoms with Gasteiger partial charge in [0.2, 0.25) is 0 Å². The SMILES string of the molecule is CCN(CC)CCNC(=O)c1c(C)[nH]c(/C=C2\C(=O)Nc3ccc(OC(C)C(=O)OC(C)C(=O)OC(C)C(=O)OC(C)C(=O)OC(C)C(=O)OC(C)C(=O)OC(C)C(=O)OC(C)=O)cc32)c1C. The Morgan fingerprint density at radius 2 is 1.09 bits per heavy atom. The first-order chi connectivity index (χ1) is 31.4. The number of nitrogens with zero attached hydrogens (tertiary/aromatic N) is 1. The molecule has 2 amide bonds. The summed E-state index contributed by atoms with van der Waals surface area (Å²) in [5.74, 6) is -9.47. The number of hydrogen-bond donors (Lipinski definition) is 3. The van der Waals surface area contributed by atoms with E-state index in [4.69, 9.17) is 33.2 Å². The van der Waals surface area contributed by atoms with Gasteiger partial charge in [0.15, 0.2) is 42.7 Å². The molecule has 2 heterocycles. The molecule has 1 aromatic carbocycles. The Morgan fingerprint density at radius 1 is 0.657 bits per heavy atom. The van der Waals surface area contributed by atoms with E-state index in [1.54, 1.807) is 32.1 Å². The molecule has 0 aliphatic carbocycles. The molecule has 0 saturated heterocycles. The van der Waals surface area contributed by atoms with Crippen molar-refractivity contribution in [3.05, 3.63) is 46.3 Å². The molecule has 366 valence electrons. The minimum Gasteiger partial charge on any atom is -0.479 e. The Bertz CT molecular complexity index is 2260. The minimum absolute atomic E-state index is 0.181. The maximum Gasteiger partial charge on any atom is 0.354 e. The molecule has 1 aliphatic heterocycles. The molecule has 0 saturated carbocycles. The largest absolute Gasteiger partial charge is 0.479 e. The lowest BCUT2D eigenvalue weighted by Gasteiger charge is -2.21. The van der Waals surface area contributed by atoms with Crippen LogP contribution >= 0.6 is 0 Å². The third-order valence-corrected chi connectivity index (χ3v) is 10.0. The van der Waals surface area contributed by atoms with Crippen LogP contribution in [0.3, 0.4) is 0 Å². The van der Waals surface area contributed by atoms with Crippen molar-refractivity contribution in [3.8, 4) is 5.75 Å². The number of anilines is 1. The summed E-state index contributed by atoms with van der Waals surface area (Å²) in [6.07, 6.45) is -9.13. The number of rotatable bonds is 22. The van der Waals surface area contributed by atoms with E-state index in [-0.39, 0.29) is 17.2 Å². The second-order valence-corrected chi connectivity index (χ2v) is 15.3. The van der Waals surface area contributed by atoms with Crippen LogP contribution in [0.2, 0.25) is 0 Å². The first-order valence-corrected chi connectivity index (χ1v) is 21.4. The summed E-state index contributed by atoms with van der Waals surface area (Å²) in [4.78, 5) is 130. The maximum absolute atomic E-state index is 13.1. The van der Waals surface area contributed by atoms with Gasteiger partial charge in [-0.3, -0.25) is 14.4 Å². The van der Waals surface area contributed by atoms with Gasteiger partial charge in [0.1, 0.15) is 5.75 Å². The predicted molar refractivity (Wildman–Crippen MR) is 234 cm³/mol. The van der Waals surface area contributed by atoms with Gasteiger partial charge < -0.3 is 58.4 Å². The number of H-pyrrole nitrogens is 1. The number of fused-ring (bicyclic) bond motifs is 1. The molecule has 22 heteroatoms. The number of esters is 8. The molecule has 0 radical (unpaired) electrons. The van der Waals surface area contributed by atoms with Crippen molar-refractivity contribution in [2.45, 2.75) is 126 Å². The molecular formula is C45H58N4O18. The van der Waals surface area contributed by atoms with Crippen molar-refractivity contribution in [2.24, 2.45) is 0 Å². The van der Waals surface area contributed by atoms with Crippen molar-refractivity contribution in [3.63, 3.8) is 0 Å². The average molecular weight is 943 g/mol.